The highest BCUT2D eigenvalue weighted by atomic mass is 16.3. The quantitative estimate of drug-likeness (QED) is 0.173. The minimum Gasteiger partial charge on any atom is -0.456 e. The fourth-order valence-electron chi connectivity index (χ4n) is 6.94. The average Bonchev–Trinajstić information content (AvgIpc) is 3.57. The average molecular weight is 640 g/mol. The summed E-state index contributed by atoms with van der Waals surface area (Å²) in [6.45, 7) is 0. The van der Waals surface area contributed by atoms with Crippen LogP contribution in [0, 0.1) is 0 Å². The summed E-state index contributed by atoms with van der Waals surface area (Å²) in [4.78, 5) is 2.34. The number of fused-ring (bicyclic) bond motifs is 3. The van der Waals surface area contributed by atoms with E-state index in [1.807, 2.05) is 12.1 Å². The largest absolute Gasteiger partial charge is 0.456 e. The second-order valence-corrected chi connectivity index (χ2v) is 12.6. The number of para-hydroxylation sites is 2. The van der Waals surface area contributed by atoms with Crippen LogP contribution in [0.25, 0.3) is 66.4 Å². The van der Waals surface area contributed by atoms with E-state index in [1.165, 1.54) is 33.4 Å². The maximum absolute atomic E-state index is 6.47. The Balaban J connectivity index is 1.17. The molecule has 0 atom stereocenters. The Morgan fingerprint density at radius 1 is 0.300 bits per heavy atom. The van der Waals surface area contributed by atoms with Crippen LogP contribution in [0.1, 0.15) is 0 Å². The molecule has 0 N–H and O–H groups in total. The first-order valence-electron chi connectivity index (χ1n) is 17.0. The van der Waals surface area contributed by atoms with Crippen LogP contribution in [0.4, 0.5) is 17.1 Å². The molecule has 0 amide bonds. The number of furan rings is 1. The van der Waals surface area contributed by atoms with Gasteiger partial charge in [-0.1, -0.05) is 158 Å². The molecule has 1 heterocycles. The second-order valence-electron chi connectivity index (χ2n) is 12.6. The molecule has 9 rings (SSSR count). The van der Waals surface area contributed by atoms with Crippen LogP contribution in [0.15, 0.2) is 205 Å². The predicted molar refractivity (Wildman–Crippen MR) is 210 cm³/mol. The van der Waals surface area contributed by atoms with E-state index in [-0.39, 0.29) is 0 Å². The molecule has 9 aromatic rings. The Kier molecular flexibility index (Phi) is 7.53. The minimum atomic E-state index is 0.863. The van der Waals surface area contributed by atoms with Crippen molar-refractivity contribution in [1.82, 2.24) is 0 Å². The summed E-state index contributed by atoms with van der Waals surface area (Å²) in [6, 6.07) is 71.1. The van der Waals surface area contributed by atoms with E-state index in [4.69, 9.17) is 4.42 Å². The van der Waals surface area contributed by atoms with Gasteiger partial charge in [0.2, 0.25) is 0 Å². The molecule has 2 heteroatoms. The van der Waals surface area contributed by atoms with Crippen molar-refractivity contribution in [2.75, 3.05) is 4.90 Å². The first-order chi connectivity index (χ1) is 24.8. The summed E-state index contributed by atoms with van der Waals surface area (Å²) in [7, 11) is 0. The SMILES string of the molecule is c1ccc(-c2ccc(-c3ccc(N(c4ccccc4)c4cc5oc6ccccc6c5cc4-c4ccc(-c5ccccc5)cc4)cc3)cc2)cc1. The van der Waals surface area contributed by atoms with Crippen LogP contribution in [0.3, 0.4) is 0 Å². The molecule has 0 radical (unpaired) electrons. The third-order valence-corrected chi connectivity index (χ3v) is 9.50. The van der Waals surface area contributed by atoms with Crippen LogP contribution < -0.4 is 4.90 Å². The number of benzene rings is 8. The molecule has 236 valence electrons. The van der Waals surface area contributed by atoms with Gasteiger partial charge in [0.05, 0.1) is 5.69 Å². The van der Waals surface area contributed by atoms with Crippen LogP contribution in [0.2, 0.25) is 0 Å². The Bertz CT molecular complexity index is 2530. The lowest BCUT2D eigenvalue weighted by molar-refractivity contribution is 0.669. The zero-order valence-electron chi connectivity index (χ0n) is 27.4. The van der Waals surface area contributed by atoms with Crippen molar-refractivity contribution in [1.29, 1.82) is 0 Å². The molecule has 8 aromatic carbocycles. The van der Waals surface area contributed by atoms with Crippen molar-refractivity contribution in [3.05, 3.63) is 200 Å². The van der Waals surface area contributed by atoms with Crippen molar-refractivity contribution in [2.45, 2.75) is 0 Å². The van der Waals surface area contributed by atoms with Gasteiger partial charge in [-0.05, 0) is 75.3 Å². The minimum absolute atomic E-state index is 0.863. The molecule has 0 fully saturated rings. The maximum atomic E-state index is 6.47. The third kappa shape index (κ3) is 5.53. The summed E-state index contributed by atoms with van der Waals surface area (Å²) < 4.78 is 6.47. The molecular formula is C48H33NO. The monoisotopic (exact) mass is 639 g/mol. The molecule has 2 nitrogen and oxygen atoms in total. The fraction of sp³-hybridized carbons (Fsp3) is 0. The van der Waals surface area contributed by atoms with E-state index < -0.39 is 0 Å². The Morgan fingerprint density at radius 3 is 1.28 bits per heavy atom. The van der Waals surface area contributed by atoms with Gasteiger partial charge in [0.1, 0.15) is 11.2 Å². The molecule has 0 bridgehead atoms. The van der Waals surface area contributed by atoms with Gasteiger partial charge in [0.15, 0.2) is 0 Å². The van der Waals surface area contributed by atoms with E-state index in [1.54, 1.807) is 0 Å². The predicted octanol–water partition coefficient (Wildman–Crippen LogP) is 13.7. The van der Waals surface area contributed by atoms with E-state index in [0.29, 0.717) is 0 Å². The number of nitrogens with zero attached hydrogens (tertiary/aromatic N) is 1. The first kappa shape index (κ1) is 29.5. The molecule has 0 saturated carbocycles. The first-order valence-corrected chi connectivity index (χ1v) is 17.0. The normalized spacial score (nSPS) is 11.2. The molecular weight excluding hydrogens is 607 g/mol. The molecule has 1 aromatic heterocycles. The molecule has 0 aliphatic rings. The topological polar surface area (TPSA) is 16.4 Å². The van der Waals surface area contributed by atoms with Gasteiger partial charge in [-0.15, -0.1) is 0 Å². The standard InChI is InChI=1S/C48H33NO/c1-4-12-34(13-5-1)36-20-22-38(23-21-36)39-28-30-42(31-29-39)49(41-16-8-3-9-17-41)46-33-48-45(43-18-10-11-19-47(43)50-48)32-44(46)40-26-24-37(25-27-40)35-14-6-2-7-15-35/h1-33H. The highest BCUT2D eigenvalue weighted by molar-refractivity contribution is 6.09. The van der Waals surface area contributed by atoms with Crippen molar-refractivity contribution in [3.8, 4) is 44.5 Å². The van der Waals surface area contributed by atoms with E-state index >= 15 is 0 Å². The Morgan fingerprint density at radius 2 is 0.720 bits per heavy atom. The fourth-order valence-corrected chi connectivity index (χ4v) is 6.94. The van der Waals surface area contributed by atoms with Crippen LogP contribution in [0.5, 0.6) is 0 Å². The number of rotatable bonds is 7. The Hall–Kier alpha value is -6.64. The number of hydrogen-bond acceptors (Lipinski definition) is 2. The summed E-state index contributed by atoms with van der Waals surface area (Å²) in [5, 5.41) is 2.22. The van der Waals surface area contributed by atoms with E-state index in [0.717, 1.165) is 50.1 Å². The van der Waals surface area contributed by atoms with Gasteiger partial charge in [-0.25, -0.2) is 0 Å². The lowest BCUT2D eigenvalue weighted by Gasteiger charge is -2.28. The smallest absolute Gasteiger partial charge is 0.137 e. The van der Waals surface area contributed by atoms with Gasteiger partial charge < -0.3 is 9.32 Å². The molecule has 0 aliphatic carbocycles. The molecule has 0 aliphatic heterocycles. The molecule has 0 spiro atoms. The van der Waals surface area contributed by atoms with Crippen molar-refractivity contribution in [3.63, 3.8) is 0 Å². The van der Waals surface area contributed by atoms with E-state index in [9.17, 15) is 0 Å². The van der Waals surface area contributed by atoms with Crippen LogP contribution >= 0.6 is 0 Å². The van der Waals surface area contributed by atoms with Gasteiger partial charge in [0, 0.05) is 33.8 Å². The summed E-state index contributed by atoms with van der Waals surface area (Å²) in [5.74, 6) is 0. The van der Waals surface area contributed by atoms with Crippen molar-refractivity contribution in [2.24, 2.45) is 0 Å². The van der Waals surface area contributed by atoms with Gasteiger partial charge in [-0.2, -0.15) is 0 Å². The third-order valence-electron chi connectivity index (χ3n) is 9.50. The number of hydrogen-bond donors (Lipinski definition) is 0. The van der Waals surface area contributed by atoms with Crippen LogP contribution in [-0.2, 0) is 0 Å². The van der Waals surface area contributed by atoms with Crippen molar-refractivity contribution >= 4 is 39.0 Å². The van der Waals surface area contributed by atoms with Gasteiger partial charge in [0.25, 0.3) is 0 Å². The van der Waals surface area contributed by atoms with Crippen LogP contribution in [-0.4, -0.2) is 0 Å². The van der Waals surface area contributed by atoms with Crippen molar-refractivity contribution < 1.29 is 4.42 Å². The lowest BCUT2D eigenvalue weighted by atomic mass is 9.96. The zero-order chi connectivity index (χ0) is 33.3. The number of anilines is 3. The summed E-state index contributed by atoms with van der Waals surface area (Å²) in [5.41, 5.74) is 14.4. The highest BCUT2D eigenvalue weighted by Crippen LogP contribution is 2.45. The second kappa shape index (κ2) is 12.8. The zero-order valence-corrected chi connectivity index (χ0v) is 27.4. The molecule has 0 saturated heterocycles. The summed E-state index contributed by atoms with van der Waals surface area (Å²) >= 11 is 0. The van der Waals surface area contributed by atoms with E-state index in [2.05, 4.69) is 193 Å². The Labute approximate surface area is 292 Å². The maximum Gasteiger partial charge on any atom is 0.137 e. The molecule has 0 unspecified atom stereocenters. The molecule has 50 heavy (non-hydrogen) atoms. The lowest BCUT2D eigenvalue weighted by Crippen LogP contribution is -2.11. The highest BCUT2D eigenvalue weighted by Gasteiger charge is 2.21. The van der Waals surface area contributed by atoms with Gasteiger partial charge in [-0.3, -0.25) is 0 Å². The van der Waals surface area contributed by atoms with Gasteiger partial charge >= 0.3 is 0 Å². The summed E-state index contributed by atoms with van der Waals surface area (Å²) in [6.07, 6.45) is 0.